The number of fused-ring (bicyclic) bond motifs is 6. The van der Waals surface area contributed by atoms with Crippen molar-refractivity contribution in [3.05, 3.63) is 18.2 Å². The first-order chi connectivity index (χ1) is 19.0. The highest BCUT2D eigenvalue weighted by atomic mass is 32.1. The summed E-state index contributed by atoms with van der Waals surface area (Å²) in [6.45, 7) is 6.89. The van der Waals surface area contributed by atoms with Gasteiger partial charge in [-0.25, -0.2) is 4.98 Å². The number of hydrogen-bond acceptors (Lipinski definition) is 7. The topological polar surface area (TPSA) is 112 Å². The van der Waals surface area contributed by atoms with Gasteiger partial charge in [-0.15, -0.1) is 0 Å². The molecule has 0 aliphatic heterocycles. The SMILES string of the molecule is COc1ccc2nc(NC(=O)CCC(C)C3CCC4C5C(O)CC6CC(O)CCC6(C)C5CC(O)C34C)sc2c1. The predicted molar refractivity (Wildman–Crippen MR) is 157 cm³/mol. The van der Waals surface area contributed by atoms with Crippen molar-refractivity contribution in [2.45, 2.75) is 96.9 Å². The Kier molecular flexibility index (Phi) is 7.46. The summed E-state index contributed by atoms with van der Waals surface area (Å²) in [5.74, 6) is 2.50. The summed E-state index contributed by atoms with van der Waals surface area (Å²) < 4.78 is 6.28. The molecular weight excluding hydrogens is 524 g/mol. The Morgan fingerprint density at radius 2 is 1.95 bits per heavy atom. The third-order valence-corrected chi connectivity index (χ3v) is 13.1. The summed E-state index contributed by atoms with van der Waals surface area (Å²) in [5.41, 5.74) is 0.680. The number of methoxy groups -OCH3 is 1. The third-order valence-electron chi connectivity index (χ3n) is 12.2. The van der Waals surface area contributed by atoms with E-state index in [9.17, 15) is 20.1 Å². The lowest BCUT2D eigenvalue weighted by atomic mass is 9.43. The van der Waals surface area contributed by atoms with E-state index in [2.05, 4.69) is 31.1 Å². The quantitative estimate of drug-likeness (QED) is 0.359. The molecule has 8 heteroatoms. The summed E-state index contributed by atoms with van der Waals surface area (Å²) in [5, 5.41) is 37.2. The third kappa shape index (κ3) is 4.58. The number of benzene rings is 1. The molecule has 0 spiro atoms. The Morgan fingerprint density at radius 1 is 1.15 bits per heavy atom. The van der Waals surface area contributed by atoms with Crippen LogP contribution in [0.25, 0.3) is 10.2 Å². The minimum absolute atomic E-state index is 0.0250. The van der Waals surface area contributed by atoms with Gasteiger partial charge in [0.05, 0.1) is 35.6 Å². The number of hydrogen-bond donors (Lipinski definition) is 4. The first-order valence-electron chi connectivity index (χ1n) is 15.3. The number of carbonyl (C=O) groups is 1. The number of ether oxygens (including phenoxy) is 1. The van der Waals surface area contributed by atoms with E-state index in [0.717, 1.165) is 67.3 Å². The minimum atomic E-state index is -0.406. The predicted octanol–water partition coefficient (Wildman–Crippen LogP) is 5.62. The second-order valence-corrected chi connectivity index (χ2v) is 15.0. The molecule has 0 bridgehead atoms. The van der Waals surface area contributed by atoms with Crippen LogP contribution in [0.15, 0.2) is 18.2 Å². The molecule has 4 N–H and O–H groups in total. The number of anilines is 1. The molecule has 4 aliphatic carbocycles. The second kappa shape index (κ2) is 10.5. The fourth-order valence-corrected chi connectivity index (χ4v) is 10.9. The molecule has 6 rings (SSSR count). The highest BCUT2D eigenvalue weighted by Gasteiger charge is 2.65. The molecule has 4 saturated carbocycles. The maximum Gasteiger partial charge on any atom is 0.226 e. The monoisotopic (exact) mass is 570 g/mol. The number of aliphatic hydroxyl groups is 3. The Hall–Kier alpha value is -1.74. The van der Waals surface area contributed by atoms with Crippen molar-refractivity contribution in [3.63, 3.8) is 0 Å². The van der Waals surface area contributed by atoms with Crippen LogP contribution in [0.5, 0.6) is 5.75 Å². The van der Waals surface area contributed by atoms with Crippen LogP contribution in [0.3, 0.4) is 0 Å². The molecular formula is C32H46N2O5S. The van der Waals surface area contributed by atoms with Crippen LogP contribution in [0.1, 0.15) is 78.6 Å². The van der Waals surface area contributed by atoms with Crippen LogP contribution in [-0.2, 0) is 4.79 Å². The molecule has 40 heavy (non-hydrogen) atoms. The molecule has 7 nitrogen and oxygen atoms in total. The zero-order valence-corrected chi connectivity index (χ0v) is 25.1. The maximum absolute atomic E-state index is 12.9. The zero-order chi connectivity index (χ0) is 28.4. The van der Waals surface area contributed by atoms with Crippen LogP contribution in [0.4, 0.5) is 5.13 Å². The van der Waals surface area contributed by atoms with E-state index in [1.165, 1.54) is 11.3 Å². The first kappa shape index (κ1) is 28.4. The molecule has 11 unspecified atom stereocenters. The number of nitrogens with one attached hydrogen (secondary N) is 1. The molecule has 11 atom stereocenters. The Balaban J connectivity index is 1.12. The summed E-state index contributed by atoms with van der Waals surface area (Å²) in [4.78, 5) is 17.5. The molecule has 220 valence electrons. The lowest BCUT2D eigenvalue weighted by Crippen LogP contribution is -2.62. The van der Waals surface area contributed by atoms with Gasteiger partial charge in [0.2, 0.25) is 5.91 Å². The summed E-state index contributed by atoms with van der Waals surface area (Å²) in [7, 11) is 1.64. The Labute approximate surface area is 241 Å². The highest BCUT2D eigenvalue weighted by Crippen LogP contribution is 2.68. The van der Waals surface area contributed by atoms with Crippen molar-refractivity contribution in [2.75, 3.05) is 12.4 Å². The second-order valence-electron chi connectivity index (χ2n) is 13.9. The molecule has 0 radical (unpaired) electrons. The van der Waals surface area contributed by atoms with Crippen LogP contribution in [0, 0.1) is 46.3 Å². The van der Waals surface area contributed by atoms with Crippen molar-refractivity contribution < 1.29 is 24.9 Å². The van der Waals surface area contributed by atoms with E-state index in [1.807, 2.05) is 18.2 Å². The molecule has 1 aromatic heterocycles. The normalized spacial score (nSPS) is 41.6. The average Bonchev–Trinajstić information content (AvgIpc) is 3.49. The van der Waals surface area contributed by atoms with Gasteiger partial charge in [-0.2, -0.15) is 0 Å². The smallest absolute Gasteiger partial charge is 0.226 e. The molecule has 2 aromatic rings. The van der Waals surface area contributed by atoms with Crippen LogP contribution in [0.2, 0.25) is 0 Å². The molecule has 4 aliphatic rings. The van der Waals surface area contributed by atoms with Crippen molar-refractivity contribution in [1.29, 1.82) is 0 Å². The van der Waals surface area contributed by atoms with Crippen molar-refractivity contribution in [1.82, 2.24) is 4.98 Å². The van der Waals surface area contributed by atoms with E-state index in [-0.39, 0.29) is 34.9 Å². The van der Waals surface area contributed by atoms with Gasteiger partial charge < -0.3 is 25.4 Å². The van der Waals surface area contributed by atoms with Gasteiger partial charge in [0.15, 0.2) is 5.13 Å². The molecule has 4 fully saturated rings. The van der Waals surface area contributed by atoms with E-state index in [1.54, 1.807) is 7.11 Å². The molecule has 1 amide bonds. The Morgan fingerprint density at radius 3 is 2.73 bits per heavy atom. The van der Waals surface area contributed by atoms with Gasteiger partial charge in [-0.05, 0) is 116 Å². The van der Waals surface area contributed by atoms with Gasteiger partial charge in [-0.3, -0.25) is 4.79 Å². The fraction of sp³-hybridized carbons (Fsp3) is 0.750. The van der Waals surface area contributed by atoms with Gasteiger partial charge in [0.25, 0.3) is 0 Å². The number of rotatable bonds is 6. The van der Waals surface area contributed by atoms with Crippen molar-refractivity contribution in [3.8, 4) is 5.75 Å². The molecule has 0 saturated heterocycles. The van der Waals surface area contributed by atoms with E-state index in [0.29, 0.717) is 41.1 Å². The highest BCUT2D eigenvalue weighted by molar-refractivity contribution is 7.22. The fourth-order valence-electron chi connectivity index (χ4n) is 9.96. The van der Waals surface area contributed by atoms with Crippen molar-refractivity contribution in [2.24, 2.45) is 46.3 Å². The summed E-state index contributed by atoms with van der Waals surface area (Å²) in [6.07, 6.45) is 6.34. The first-order valence-corrected chi connectivity index (χ1v) is 16.1. The van der Waals surface area contributed by atoms with E-state index >= 15 is 0 Å². The maximum atomic E-state index is 12.9. The minimum Gasteiger partial charge on any atom is -0.497 e. The van der Waals surface area contributed by atoms with Crippen LogP contribution in [-0.4, -0.2) is 51.6 Å². The molecule has 1 aromatic carbocycles. The number of carbonyl (C=O) groups excluding carboxylic acids is 1. The number of amides is 1. The zero-order valence-electron chi connectivity index (χ0n) is 24.3. The largest absolute Gasteiger partial charge is 0.497 e. The van der Waals surface area contributed by atoms with Gasteiger partial charge in [-0.1, -0.05) is 32.1 Å². The van der Waals surface area contributed by atoms with Gasteiger partial charge >= 0.3 is 0 Å². The molecule has 1 heterocycles. The lowest BCUT2D eigenvalue weighted by Gasteiger charge is -2.63. The summed E-state index contributed by atoms with van der Waals surface area (Å²) in [6, 6.07) is 5.71. The number of thiazole rings is 1. The standard InChI is InChI=1S/C32H46N2O5S/c1-17(5-10-28(38)34-30-33-24-9-6-20(39-4)15-26(24)40-30)21-7-8-22-29-23(16-27(37)32(21,22)3)31(2)12-11-19(35)13-18(31)14-25(29)36/h6,9,15,17-19,21-23,25,27,29,35-37H,5,7-8,10-14,16H2,1-4H3,(H,33,34,38). The lowest BCUT2D eigenvalue weighted by molar-refractivity contribution is -0.207. The average molecular weight is 571 g/mol. The number of aliphatic hydroxyl groups excluding tert-OH is 3. The number of nitrogens with zero attached hydrogens (tertiary/aromatic N) is 1. The summed E-state index contributed by atoms with van der Waals surface area (Å²) >= 11 is 1.45. The van der Waals surface area contributed by atoms with E-state index in [4.69, 9.17) is 4.74 Å². The van der Waals surface area contributed by atoms with Crippen LogP contribution < -0.4 is 10.1 Å². The Bertz CT molecular complexity index is 1250. The van der Waals surface area contributed by atoms with Crippen LogP contribution >= 0.6 is 11.3 Å². The van der Waals surface area contributed by atoms with Crippen molar-refractivity contribution >= 4 is 32.6 Å². The van der Waals surface area contributed by atoms with Gasteiger partial charge in [0, 0.05) is 6.42 Å². The van der Waals surface area contributed by atoms with E-state index < -0.39 is 6.10 Å². The number of aromatic nitrogens is 1. The van der Waals surface area contributed by atoms with Gasteiger partial charge in [0.1, 0.15) is 5.75 Å².